The molecule has 0 aromatic heterocycles. The van der Waals surface area contributed by atoms with Crippen molar-refractivity contribution in [2.45, 2.75) is 53.9 Å². The lowest BCUT2D eigenvalue weighted by Crippen LogP contribution is -2.20. The molecule has 0 saturated heterocycles. The van der Waals surface area contributed by atoms with Crippen molar-refractivity contribution in [3.05, 3.63) is 0 Å². The van der Waals surface area contributed by atoms with Crippen molar-refractivity contribution < 1.29 is 0 Å². The molecule has 1 atom stereocenters. The first-order valence-corrected chi connectivity index (χ1v) is 5.52. The predicted molar refractivity (Wildman–Crippen MR) is 58.6 cm³/mol. The van der Waals surface area contributed by atoms with Gasteiger partial charge in [-0.05, 0) is 25.4 Å². The van der Waals surface area contributed by atoms with E-state index in [2.05, 4.69) is 26.1 Å². The normalized spacial score (nSPS) is 11.8. The summed E-state index contributed by atoms with van der Waals surface area (Å²) in [5.41, 5.74) is 0. The van der Waals surface area contributed by atoms with Gasteiger partial charge in [-0.2, -0.15) is 0 Å². The van der Waals surface area contributed by atoms with Crippen molar-refractivity contribution in [2.24, 2.45) is 5.92 Å². The predicted octanol–water partition coefficient (Wildman–Crippen LogP) is 3.45. The van der Waals surface area contributed by atoms with Crippen LogP contribution >= 0.6 is 0 Å². The standard InChI is InChI=1S/C9H21N.C2H6/c1-4-6-7-9(3)8-10-5-2;1-2/h9-10H,4-8H2,1-3H3;1-2H3. The first kappa shape index (κ1) is 14.5. The van der Waals surface area contributed by atoms with Gasteiger partial charge < -0.3 is 5.32 Å². The molecule has 0 aliphatic carbocycles. The Kier molecular flexibility index (Phi) is 16.3. The molecule has 0 spiro atoms. The van der Waals surface area contributed by atoms with Crippen LogP contribution in [-0.4, -0.2) is 13.1 Å². The molecule has 1 N–H and O–H groups in total. The Labute approximate surface area is 78.9 Å². The zero-order chi connectivity index (χ0) is 9.82. The molecule has 1 nitrogen and oxygen atoms in total. The lowest BCUT2D eigenvalue weighted by molar-refractivity contribution is 0.471. The topological polar surface area (TPSA) is 12.0 Å². The fraction of sp³-hybridized carbons (Fsp3) is 1.00. The van der Waals surface area contributed by atoms with Crippen LogP contribution in [0.3, 0.4) is 0 Å². The molecule has 1 unspecified atom stereocenters. The summed E-state index contributed by atoms with van der Waals surface area (Å²) in [5, 5.41) is 3.36. The number of hydrogen-bond donors (Lipinski definition) is 1. The molecule has 0 rings (SSSR count). The SMILES string of the molecule is CC.CCCCC(C)CNCC. The second kappa shape index (κ2) is 13.5. The molecular formula is C11H27N. The van der Waals surface area contributed by atoms with Crippen LogP contribution in [0.4, 0.5) is 0 Å². The number of nitrogens with one attached hydrogen (secondary N) is 1. The number of unbranched alkanes of at least 4 members (excludes halogenated alkanes) is 1. The van der Waals surface area contributed by atoms with E-state index < -0.39 is 0 Å². The third kappa shape index (κ3) is 12.6. The summed E-state index contributed by atoms with van der Waals surface area (Å²) in [6.45, 7) is 13.0. The van der Waals surface area contributed by atoms with Gasteiger partial charge in [0.15, 0.2) is 0 Å². The van der Waals surface area contributed by atoms with Gasteiger partial charge in [-0.1, -0.05) is 47.5 Å². The Morgan fingerprint density at radius 2 is 1.75 bits per heavy atom. The first-order valence-electron chi connectivity index (χ1n) is 5.52. The van der Waals surface area contributed by atoms with Gasteiger partial charge in [-0.3, -0.25) is 0 Å². The van der Waals surface area contributed by atoms with Crippen molar-refractivity contribution in [3.8, 4) is 0 Å². The average Bonchev–Trinajstić information content (AvgIpc) is 2.14. The summed E-state index contributed by atoms with van der Waals surface area (Å²) < 4.78 is 0. The Morgan fingerprint density at radius 3 is 2.17 bits per heavy atom. The van der Waals surface area contributed by atoms with Gasteiger partial charge >= 0.3 is 0 Å². The van der Waals surface area contributed by atoms with Crippen LogP contribution in [0, 0.1) is 5.92 Å². The highest BCUT2D eigenvalue weighted by molar-refractivity contribution is 4.55. The third-order valence-electron chi connectivity index (χ3n) is 1.79. The molecule has 0 saturated carbocycles. The maximum Gasteiger partial charge on any atom is -0.00233 e. The van der Waals surface area contributed by atoms with Crippen molar-refractivity contribution in [1.29, 1.82) is 0 Å². The van der Waals surface area contributed by atoms with Crippen LogP contribution in [-0.2, 0) is 0 Å². The van der Waals surface area contributed by atoms with E-state index in [1.165, 1.54) is 25.8 Å². The Balaban J connectivity index is 0. The van der Waals surface area contributed by atoms with Gasteiger partial charge in [0.2, 0.25) is 0 Å². The van der Waals surface area contributed by atoms with Crippen LogP contribution in [0.15, 0.2) is 0 Å². The highest BCUT2D eigenvalue weighted by atomic mass is 14.8. The van der Waals surface area contributed by atoms with Gasteiger partial charge in [0.25, 0.3) is 0 Å². The van der Waals surface area contributed by atoms with Crippen molar-refractivity contribution >= 4 is 0 Å². The summed E-state index contributed by atoms with van der Waals surface area (Å²) in [5.74, 6) is 0.861. The number of hydrogen-bond acceptors (Lipinski definition) is 1. The van der Waals surface area contributed by atoms with E-state index in [4.69, 9.17) is 0 Å². The van der Waals surface area contributed by atoms with E-state index in [-0.39, 0.29) is 0 Å². The Bertz CT molecular complexity index is 54.0. The monoisotopic (exact) mass is 173 g/mol. The van der Waals surface area contributed by atoms with E-state index >= 15 is 0 Å². The molecule has 0 aliphatic rings. The van der Waals surface area contributed by atoms with Crippen LogP contribution in [0.1, 0.15) is 53.9 Å². The van der Waals surface area contributed by atoms with Crippen LogP contribution < -0.4 is 5.32 Å². The molecule has 0 aromatic rings. The zero-order valence-electron chi connectivity index (χ0n) is 9.61. The fourth-order valence-electron chi connectivity index (χ4n) is 1.05. The molecule has 0 aromatic carbocycles. The molecule has 0 heterocycles. The molecule has 0 bridgehead atoms. The van der Waals surface area contributed by atoms with Gasteiger partial charge in [-0.15, -0.1) is 0 Å². The minimum absolute atomic E-state index is 0.861. The van der Waals surface area contributed by atoms with Gasteiger partial charge in [-0.25, -0.2) is 0 Å². The summed E-state index contributed by atoms with van der Waals surface area (Å²) in [4.78, 5) is 0. The maximum atomic E-state index is 3.36. The van der Waals surface area contributed by atoms with Gasteiger partial charge in [0.1, 0.15) is 0 Å². The van der Waals surface area contributed by atoms with Crippen LogP contribution in [0.5, 0.6) is 0 Å². The molecule has 0 fully saturated rings. The molecule has 0 amide bonds. The van der Waals surface area contributed by atoms with Crippen molar-refractivity contribution in [1.82, 2.24) is 5.32 Å². The summed E-state index contributed by atoms with van der Waals surface area (Å²) in [6, 6.07) is 0. The van der Waals surface area contributed by atoms with Gasteiger partial charge in [0.05, 0.1) is 0 Å². The second-order valence-corrected chi connectivity index (χ2v) is 3.06. The lowest BCUT2D eigenvalue weighted by Gasteiger charge is -2.09. The Hall–Kier alpha value is -0.0400. The molecule has 1 heteroatoms. The van der Waals surface area contributed by atoms with Gasteiger partial charge in [0, 0.05) is 0 Å². The quantitative estimate of drug-likeness (QED) is 0.648. The number of rotatable bonds is 6. The molecule has 0 radical (unpaired) electrons. The maximum absolute atomic E-state index is 3.36. The Morgan fingerprint density at radius 1 is 1.17 bits per heavy atom. The van der Waals surface area contributed by atoms with E-state index in [0.29, 0.717) is 0 Å². The fourth-order valence-corrected chi connectivity index (χ4v) is 1.05. The third-order valence-corrected chi connectivity index (χ3v) is 1.79. The van der Waals surface area contributed by atoms with Crippen LogP contribution in [0.2, 0.25) is 0 Å². The average molecular weight is 173 g/mol. The summed E-state index contributed by atoms with van der Waals surface area (Å²) in [6.07, 6.45) is 4.09. The van der Waals surface area contributed by atoms with Crippen LogP contribution in [0.25, 0.3) is 0 Å². The second-order valence-electron chi connectivity index (χ2n) is 3.06. The lowest BCUT2D eigenvalue weighted by atomic mass is 10.0. The minimum Gasteiger partial charge on any atom is -0.317 e. The van der Waals surface area contributed by atoms with E-state index in [1.807, 2.05) is 13.8 Å². The zero-order valence-corrected chi connectivity index (χ0v) is 9.61. The van der Waals surface area contributed by atoms with E-state index in [0.717, 1.165) is 12.5 Å². The largest absolute Gasteiger partial charge is 0.317 e. The molecular weight excluding hydrogens is 146 g/mol. The minimum atomic E-state index is 0.861. The van der Waals surface area contributed by atoms with Crippen molar-refractivity contribution in [3.63, 3.8) is 0 Å². The van der Waals surface area contributed by atoms with E-state index in [1.54, 1.807) is 0 Å². The highest BCUT2D eigenvalue weighted by Gasteiger charge is 1.98. The van der Waals surface area contributed by atoms with E-state index in [9.17, 15) is 0 Å². The molecule has 76 valence electrons. The highest BCUT2D eigenvalue weighted by Crippen LogP contribution is 2.05. The van der Waals surface area contributed by atoms with Crippen molar-refractivity contribution in [2.75, 3.05) is 13.1 Å². The summed E-state index contributed by atoms with van der Waals surface area (Å²) in [7, 11) is 0. The molecule has 0 aliphatic heterocycles. The first-order chi connectivity index (χ1) is 5.81. The molecule has 12 heavy (non-hydrogen) atoms. The smallest absolute Gasteiger partial charge is 0.00233 e. The summed E-state index contributed by atoms with van der Waals surface area (Å²) >= 11 is 0.